The molecular weight excluding hydrogens is 372 g/mol. The monoisotopic (exact) mass is 386 g/mol. The molecule has 0 aliphatic carbocycles. The number of ether oxygens (including phenoxy) is 2. The van der Waals surface area contributed by atoms with Crippen LogP contribution in [-0.2, 0) is 10.0 Å². The summed E-state index contributed by atoms with van der Waals surface area (Å²) < 4.78 is 38.7. The zero-order chi connectivity index (χ0) is 19.0. The summed E-state index contributed by atoms with van der Waals surface area (Å²) in [6.07, 6.45) is 1.71. The van der Waals surface area contributed by atoms with Crippen molar-refractivity contribution in [2.45, 2.75) is 4.90 Å². The van der Waals surface area contributed by atoms with Gasteiger partial charge in [0.2, 0.25) is 0 Å². The van der Waals surface area contributed by atoms with Crippen molar-refractivity contribution in [2.75, 3.05) is 17.9 Å². The molecule has 2 heterocycles. The van der Waals surface area contributed by atoms with E-state index < -0.39 is 15.5 Å². The van der Waals surface area contributed by atoms with Gasteiger partial charge in [0.25, 0.3) is 10.0 Å². The van der Waals surface area contributed by atoms with Crippen molar-refractivity contribution in [1.29, 1.82) is 0 Å². The van der Waals surface area contributed by atoms with E-state index in [1.54, 1.807) is 12.1 Å². The summed E-state index contributed by atoms with van der Waals surface area (Å²) in [6.45, 7) is 0.822. The topological polar surface area (TPSA) is 115 Å². The van der Waals surface area contributed by atoms with Gasteiger partial charge in [0.05, 0.1) is 16.1 Å². The summed E-state index contributed by atoms with van der Waals surface area (Å²) >= 11 is 0. The summed E-state index contributed by atoms with van der Waals surface area (Å²) in [5.74, 6) is 0.995. The molecular formula is C18H14N2O6S. The van der Waals surface area contributed by atoms with Gasteiger partial charge in [-0.1, -0.05) is 0 Å². The molecule has 8 nitrogen and oxygen atoms in total. The number of benzene rings is 2. The molecule has 0 spiro atoms. The van der Waals surface area contributed by atoms with Crippen LogP contribution >= 0.6 is 0 Å². The second-order valence-electron chi connectivity index (χ2n) is 5.86. The Bertz CT molecular complexity index is 1220. The molecule has 1 aliphatic heterocycles. The lowest BCUT2D eigenvalue weighted by atomic mass is 10.1. The van der Waals surface area contributed by atoms with Crippen LogP contribution in [0.25, 0.3) is 10.9 Å². The molecule has 0 atom stereocenters. The summed E-state index contributed by atoms with van der Waals surface area (Å²) in [6, 6.07) is 8.80. The van der Waals surface area contributed by atoms with E-state index in [0.29, 0.717) is 42.2 Å². The lowest BCUT2D eigenvalue weighted by Crippen LogP contribution is -2.17. The average molecular weight is 386 g/mol. The highest BCUT2D eigenvalue weighted by Crippen LogP contribution is 2.33. The van der Waals surface area contributed by atoms with E-state index in [9.17, 15) is 18.0 Å². The van der Waals surface area contributed by atoms with Gasteiger partial charge in [-0.05, 0) is 30.3 Å². The normalized spacial score (nSPS) is 13.3. The van der Waals surface area contributed by atoms with E-state index in [1.165, 1.54) is 30.5 Å². The van der Waals surface area contributed by atoms with Crippen LogP contribution in [0, 0.1) is 0 Å². The molecule has 0 radical (unpaired) electrons. The molecule has 2 aromatic carbocycles. The first-order chi connectivity index (χ1) is 13.0. The molecule has 2 N–H and O–H groups in total. The third-order valence-corrected chi connectivity index (χ3v) is 5.49. The number of nitrogens with one attached hydrogen (secondary N) is 2. The molecule has 1 aliphatic rings. The Hall–Kier alpha value is -3.33. The highest BCUT2D eigenvalue weighted by atomic mass is 32.2. The maximum Gasteiger partial charge on any atom is 0.261 e. The van der Waals surface area contributed by atoms with Crippen LogP contribution in [0.3, 0.4) is 0 Å². The number of sulfonamides is 1. The van der Waals surface area contributed by atoms with E-state index in [4.69, 9.17) is 9.47 Å². The number of anilines is 1. The van der Waals surface area contributed by atoms with Crippen molar-refractivity contribution in [2.24, 2.45) is 0 Å². The van der Waals surface area contributed by atoms with E-state index in [1.807, 2.05) is 0 Å². The molecule has 27 heavy (non-hydrogen) atoms. The van der Waals surface area contributed by atoms with Gasteiger partial charge in [-0.2, -0.15) is 0 Å². The fourth-order valence-electron chi connectivity index (χ4n) is 2.79. The molecule has 0 saturated heterocycles. The Morgan fingerprint density at radius 3 is 2.59 bits per heavy atom. The van der Waals surface area contributed by atoms with Gasteiger partial charge >= 0.3 is 0 Å². The molecule has 0 fully saturated rings. The Kier molecular flexibility index (Phi) is 4.08. The molecule has 0 unspecified atom stereocenters. The Labute approximate surface area is 153 Å². The highest BCUT2D eigenvalue weighted by molar-refractivity contribution is 7.92. The first kappa shape index (κ1) is 17.1. The fourth-order valence-corrected chi connectivity index (χ4v) is 3.86. The number of aromatic nitrogens is 1. The minimum absolute atomic E-state index is 0.0724. The molecule has 9 heteroatoms. The summed E-state index contributed by atoms with van der Waals surface area (Å²) in [7, 11) is -3.96. The maximum absolute atomic E-state index is 12.7. The number of hydrogen-bond acceptors (Lipinski definition) is 6. The van der Waals surface area contributed by atoms with Crippen LogP contribution < -0.4 is 19.6 Å². The zero-order valence-corrected chi connectivity index (χ0v) is 14.7. The van der Waals surface area contributed by atoms with Gasteiger partial charge in [0.15, 0.2) is 23.2 Å². The quantitative estimate of drug-likeness (QED) is 0.662. The number of pyridine rings is 1. The van der Waals surface area contributed by atoms with E-state index in [0.717, 1.165) is 0 Å². The first-order valence-electron chi connectivity index (χ1n) is 8.01. The van der Waals surface area contributed by atoms with Crippen LogP contribution in [-0.4, -0.2) is 32.9 Å². The SMILES string of the molecule is O=Cc1c[nH]c2ccc(S(=O)(=O)Nc3ccc4c(c3)OCCO4)cc2c1=O. The second kappa shape index (κ2) is 6.44. The molecule has 3 aromatic rings. The van der Waals surface area contributed by atoms with Crippen molar-refractivity contribution in [1.82, 2.24) is 4.98 Å². The predicted molar refractivity (Wildman–Crippen MR) is 98.2 cm³/mol. The Balaban J connectivity index is 1.72. The van der Waals surface area contributed by atoms with Crippen molar-refractivity contribution < 1.29 is 22.7 Å². The number of carbonyl (C=O) groups is 1. The van der Waals surface area contributed by atoms with Crippen molar-refractivity contribution in [3.8, 4) is 11.5 Å². The molecule has 4 rings (SSSR count). The number of H-pyrrole nitrogens is 1. The third kappa shape index (κ3) is 3.13. The van der Waals surface area contributed by atoms with E-state index in [2.05, 4.69) is 9.71 Å². The minimum Gasteiger partial charge on any atom is -0.486 e. The first-order valence-corrected chi connectivity index (χ1v) is 9.49. The van der Waals surface area contributed by atoms with Gasteiger partial charge in [0, 0.05) is 23.2 Å². The summed E-state index contributed by atoms with van der Waals surface area (Å²) in [5.41, 5.74) is 0.130. The van der Waals surface area contributed by atoms with Crippen molar-refractivity contribution >= 4 is 32.9 Å². The van der Waals surface area contributed by atoms with Crippen LogP contribution in [0.15, 0.2) is 52.3 Å². The van der Waals surface area contributed by atoms with Crippen molar-refractivity contribution in [3.63, 3.8) is 0 Å². The number of fused-ring (bicyclic) bond motifs is 2. The maximum atomic E-state index is 12.7. The van der Waals surface area contributed by atoms with E-state index >= 15 is 0 Å². The van der Waals surface area contributed by atoms with Gasteiger partial charge < -0.3 is 14.5 Å². The number of hydrogen-bond donors (Lipinski definition) is 2. The summed E-state index contributed by atoms with van der Waals surface area (Å²) in [4.78, 5) is 25.9. The Morgan fingerprint density at radius 1 is 1.04 bits per heavy atom. The smallest absolute Gasteiger partial charge is 0.261 e. The lowest BCUT2D eigenvalue weighted by molar-refractivity contribution is 0.112. The average Bonchev–Trinajstić information content (AvgIpc) is 2.68. The third-order valence-electron chi connectivity index (χ3n) is 4.11. The number of rotatable bonds is 4. The fraction of sp³-hybridized carbons (Fsp3) is 0.111. The second-order valence-corrected chi connectivity index (χ2v) is 7.54. The molecule has 0 bridgehead atoms. The van der Waals surface area contributed by atoms with E-state index in [-0.39, 0.29) is 15.8 Å². The Morgan fingerprint density at radius 2 is 1.81 bits per heavy atom. The number of aromatic amines is 1. The lowest BCUT2D eigenvalue weighted by Gasteiger charge is -2.19. The van der Waals surface area contributed by atoms with Gasteiger partial charge in [0.1, 0.15) is 13.2 Å². The zero-order valence-electron chi connectivity index (χ0n) is 13.9. The van der Waals surface area contributed by atoms with Crippen LogP contribution in [0.2, 0.25) is 0 Å². The highest BCUT2D eigenvalue weighted by Gasteiger charge is 2.18. The predicted octanol–water partition coefficient (Wildman–Crippen LogP) is 1.91. The molecule has 1 aromatic heterocycles. The van der Waals surface area contributed by atoms with Gasteiger partial charge in [-0.3, -0.25) is 14.3 Å². The van der Waals surface area contributed by atoms with Crippen LogP contribution in [0.5, 0.6) is 11.5 Å². The summed E-state index contributed by atoms with van der Waals surface area (Å²) in [5, 5.41) is 0.115. The molecule has 0 saturated carbocycles. The van der Waals surface area contributed by atoms with Crippen LogP contribution in [0.4, 0.5) is 5.69 Å². The molecule has 138 valence electrons. The standard InChI is InChI=1S/C18H14N2O6S/c21-10-11-9-19-15-3-2-13(8-14(15)18(11)22)27(23,24)20-12-1-4-16-17(7-12)26-6-5-25-16/h1-4,7-10,20H,5-6H2,(H,19,22). The van der Waals surface area contributed by atoms with Crippen LogP contribution in [0.1, 0.15) is 10.4 Å². The molecule has 0 amide bonds. The number of aldehydes is 1. The number of carbonyl (C=O) groups excluding carboxylic acids is 1. The largest absolute Gasteiger partial charge is 0.486 e. The van der Waals surface area contributed by atoms with Gasteiger partial charge in [-0.15, -0.1) is 0 Å². The van der Waals surface area contributed by atoms with Gasteiger partial charge in [-0.25, -0.2) is 8.42 Å². The minimum atomic E-state index is -3.96. The van der Waals surface area contributed by atoms with Crippen molar-refractivity contribution in [3.05, 3.63) is 58.4 Å².